The molecule has 80 valence electrons. The van der Waals surface area contributed by atoms with Crippen LogP contribution in [0.1, 0.15) is 32.1 Å². The summed E-state index contributed by atoms with van der Waals surface area (Å²) in [6.45, 7) is 0. The summed E-state index contributed by atoms with van der Waals surface area (Å²) in [5.74, 6) is 0. The molecule has 2 aliphatic heterocycles. The van der Waals surface area contributed by atoms with E-state index in [-0.39, 0.29) is 7.92 Å². The highest BCUT2D eigenvalue weighted by molar-refractivity contribution is 7.61. The van der Waals surface area contributed by atoms with Gasteiger partial charge in [-0.15, -0.1) is 0 Å². The second-order valence-corrected chi connectivity index (χ2v) is 7.69. The Kier molecular flexibility index (Phi) is 2.79. The molecule has 0 saturated heterocycles. The fraction of sp³-hybridized carbons (Fsp3) is 0.571. The fourth-order valence-corrected chi connectivity index (χ4v) is 6.70. The maximum absolute atomic E-state index is 2.46. The second kappa shape index (κ2) is 4.26. The molecule has 1 heteroatoms. The van der Waals surface area contributed by atoms with Crippen molar-refractivity contribution in [2.75, 3.05) is 0 Å². The highest BCUT2D eigenvalue weighted by Gasteiger charge is 2.35. The van der Waals surface area contributed by atoms with Gasteiger partial charge in [-0.3, -0.25) is 0 Å². The molecular weight excluding hydrogens is 199 g/mol. The second-order valence-electron chi connectivity index (χ2n) is 4.87. The highest BCUT2D eigenvalue weighted by atomic mass is 31.1. The molecule has 0 nitrogen and oxygen atoms in total. The molecule has 0 amide bonds. The third-order valence-electron chi connectivity index (χ3n) is 3.92. The van der Waals surface area contributed by atoms with Gasteiger partial charge < -0.3 is 0 Å². The van der Waals surface area contributed by atoms with Crippen LogP contribution in [0.25, 0.3) is 0 Å². The van der Waals surface area contributed by atoms with Crippen LogP contribution in [0.15, 0.2) is 36.5 Å². The lowest BCUT2D eigenvalue weighted by molar-refractivity contribution is 0.510. The lowest BCUT2D eigenvalue weighted by atomic mass is 10.0. The van der Waals surface area contributed by atoms with Gasteiger partial charge in [0.15, 0.2) is 0 Å². The van der Waals surface area contributed by atoms with Crippen LogP contribution < -0.4 is 0 Å². The van der Waals surface area contributed by atoms with Gasteiger partial charge in [-0.1, -0.05) is 63.6 Å². The molecule has 1 aliphatic carbocycles. The Morgan fingerprint density at radius 1 is 0.733 bits per heavy atom. The van der Waals surface area contributed by atoms with E-state index in [9.17, 15) is 0 Å². The average molecular weight is 218 g/mol. The first kappa shape index (κ1) is 9.85. The van der Waals surface area contributed by atoms with Gasteiger partial charge >= 0.3 is 0 Å². The molecule has 2 heterocycles. The molecule has 2 unspecified atom stereocenters. The topological polar surface area (TPSA) is 0 Å². The van der Waals surface area contributed by atoms with E-state index in [1.54, 1.807) is 0 Å². The van der Waals surface area contributed by atoms with Gasteiger partial charge in [-0.05, 0) is 18.5 Å². The van der Waals surface area contributed by atoms with Gasteiger partial charge in [0.2, 0.25) is 0 Å². The van der Waals surface area contributed by atoms with Crippen LogP contribution in [0.2, 0.25) is 0 Å². The zero-order chi connectivity index (χ0) is 10.1. The molecular formula is C14H19P. The summed E-state index contributed by atoms with van der Waals surface area (Å²) in [7, 11) is 0.187. The molecule has 1 fully saturated rings. The largest absolute Gasteiger partial charge is 0.0814 e. The normalized spacial score (nSPS) is 39.6. The van der Waals surface area contributed by atoms with Crippen molar-refractivity contribution in [1.82, 2.24) is 0 Å². The Hall–Kier alpha value is -0.350. The van der Waals surface area contributed by atoms with Crippen molar-refractivity contribution >= 4 is 7.92 Å². The molecule has 15 heavy (non-hydrogen) atoms. The number of rotatable bonds is 1. The van der Waals surface area contributed by atoms with Gasteiger partial charge in [0.1, 0.15) is 0 Å². The molecule has 0 N–H and O–H groups in total. The fourth-order valence-electron chi connectivity index (χ4n) is 3.17. The minimum Gasteiger partial charge on any atom is -0.0814 e. The summed E-state index contributed by atoms with van der Waals surface area (Å²) in [5, 5.41) is 0. The van der Waals surface area contributed by atoms with Crippen LogP contribution >= 0.6 is 7.92 Å². The van der Waals surface area contributed by atoms with E-state index in [4.69, 9.17) is 0 Å². The van der Waals surface area contributed by atoms with Crippen LogP contribution in [-0.4, -0.2) is 17.0 Å². The first-order valence-corrected chi connectivity index (χ1v) is 7.81. The van der Waals surface area contributed by atoms with Gasteiger partial charge in [0.05, 0.1) is 0 Å². The molecule has 1 saturated carbocycles. The standard InChI is InChI=1S/C14H19P/c1-2-6-12(7-3-1)15-13-8-4-5-9-14(15)11-10-13/h4-5,8-14H,1-3,6-7H2. The first-order valence-electron chi connectivity index (χ1n) is 6.26. The lowest BCUT2D eigenvalue weighted by Crippen LogP contribution is -2.17. The first-order chi connectivity index (χ1) is 7.45. The van der Waals surface area contributed by atoms with Crippen molar-refractivity contribution in [3.63, 3.8) is 0 Å². The SMILES string of the molecule is C1=CC2C=CC(C=C1)P2C1CCCCC1. The maximum atomic E-state index is 2.46. The Morgan fingerprint density at radius 2 is 1.33 bits per heavy atom. The minimum absolute atomic E-state index is 0.187. The Morgan fingerprint density at radius 3 is 1.93 bits per heavy atom. The van der Waals surface area contributed by atoms with Crippen molar-refractivity contribution in [2.45, 2.75) is 49.1 Å². The van der Waals surface area contributed by atoms with Crippen LogP contribution in [0.3, 0.4) is 0 Å². The molecule has 0 aromatic heterocycles. The highest BCUT2D eigenvalue weighted by Crippen LogP contribution is 2.60. The van der Waals surface area contributed by atoms with E-state index in [0.29, 0.717) is 0 Å². The Balaban J connectivity index is 1.81. The van der Waals surface area contributed by atoms with Gasteiger partial charge in [-0.2, -0.15) is 0 Å². The monoisotopic (exact) mass is 218 g/mol. The molecule has 0 aromatic rings. The van der Waals surface area contributed by atoms with Gasteiger partial charge in [0.25, 0.3) is 0 Å². The molecule has 0 aromatic carbocycles. The third kappa shape index (κ3) is 1.85. The number of fused-ring (bicyclic) bond motifs is 2. The maximum Gasteiger partial charge on any atom is 0.0164 e. The molecule has 3 rings (SSSR count). The minimum atomic E-state index is 0.187. The summed E-state index contributed by atoms with van der Waals surface area (Å²) in [5.41, 5.74) is 2.64. The zero-order valence-electron chi connectivity index (χ0n) is 9.18. The molecule has 2 bridgehead atoms. The molecule has 0 spiro atoms. The number of hydrogen-bond acceptors (Lipinski definition) is 0. The van der Waals surface area contributed by atoms with Crippen LogP contribution in [0, 0.1) is 0 Å². The predicted molar refractivity (Wildman–Crippen MR) is 68.8 cm³/mol. The zero-order valence-corrected chi connectivity index (χ0v) is 10.1. The number of hydrogen-bond donors (Lipinski definition) is 0. The summed E-state index contributed by atoms with van der Waals surface area (Å²) >= 11 is 0. The van der Waals surface area contributed by atoms with Crippen LogP contribution in [0.5, 0.6) is 0 Å². The third-order valence-corrected chi connectivity index (χ3v) is 7.34. The van der Waals surface area contributed by atoms with E-state index in [2.05, 4.69) is 36.5 Å². The van der Waals surface area contributed by atoms with E-state index < -0.39 is 0 Å². The summed E-state index contributed by atoms with van der Waals surface area (Å²) in [4.78, 5) is 0. The summed E-state index contributed by atoms with van der Waals surface area (Å²) < 4.78 is 0. The van der Waals surface area contributed by atoms with E-state index in [1.807, 2.05) is 0 Å². The summed E-state index contributed by atoms with van der Waals surface area (Å²) in [6.07, 6.45) is 21.8. The van der Waals surface area contributed by atoms with Crippen LogP contribution in [0.4, 0.5) is 0 Å². The predicted octanol–water partition coefficient (Wildman–Crippen LogP) is 4.23. The molecule has 0 radical (unpaired) electrons. The molecule has 2 atom stereocenters. The van der Waals surface area contributed by atoms with Crippen molar-refractivity contribution < 1.29 is 0 Å². The van der Waals surface area contributed by atoms with Gasteiger partial charge in [-0.25, -0.2) is 0 Å². The van der Waals surface area contributed by atoms with Gasteiger partial charge in [0, 0.05) is 11.3 Å². The Labute approximate surface area is 93.9 Å². The van der Waals surface area contributed by atoms with Crippen molar-refractivity contribution in [2.24, 2.45) is 0 Å². The average Bonchev–Trinajstić information content (AvgIpc) is 2.53. The van der Waals surface area contributed by atoms with E-state index in [0.717, 1.165) is 17.0 Å². The van der Waals surface area contributed by atoms with Crippen LogP contribution in [-0.2, 0) is 0 Å². The Bertz CT molecular complexity index is 285. The van der Waals surface area contributed by atoms with Crippen molar-refractivity contribution in [1.29, 1.82) is 0 Å². The quantitative estimate of drug-likeness (QED) is 0.456. The molecule has 3 aliphatic rings. The smallest absolute Gasteiger partial charge is 0.0164 e. The lowest BCUT2D eigenvalue weighted by Gasteiger charge is -2.33. The number of allylic oxidation sites excluding steroid dienone is 6. The van der Waals surface area contributed by atoms with Crippen molar-refractivity contribution in [3.05, 3.63) is 36.5 Å². The van der Waals surface area contributed by atoms with E-state index >= 15 is 0 Å². The van der Waals surface area contributed by atoms with Crippen molar-refractivity contribution in [3.8, 4) is 0 Å². The van der Waals surface area contributed by atoms with E-state index in [1.165, 1.54) is 32.1 Å². The summed E-state index contributed by atoms with van der Waals surface area (Å²) in [6, 6.07) is 0.